The zero-order chi connectivity index (χ0) is 13.0. The molecule has 1 aromatic rings. The van der Waals surface area contributed by atoms with Gasteiger partial charge in [0.15, 0.2) is 0 Å². The van der Waals surface area contributed by atoms with Crippen molar-refractivity contribution in [3.05, 3.63) is 24.0 Å². The average Bonchev–Trinajstić information content (AvgIpc) is 2.62. The lowest BCUT2D eigenvalue weighted by molar-refractivity contribution is -0.145. The molecule has 17 heavy (non-hydrogen) atoms. The van der Waals surface area contributed by atoms with Crippen molar-refractivity contribution in [1.29, 1.82) is 0 Å². The molecule has 0 saturated carbocycles. The number of aliphatic carboxylic acids is 2. The lowest BCUT2D eigenvalue weighted by atomic mass is 10.2. The number of carbonyl (C=O) groups is 3. The molecule has 0 bridgehead atoms. The number of amides is 1. The van der Waals surface area contributed by atoms with Gasteiger partial charge in [-0.3, -0.25) is 9.59 Å². The number of aromatic nitrogens is 1. The summed E-state index contributed by atoms with van der Waals surface area (Å²) in [5.74, 6) is -3.29. The van der Waals surface area contributed by atoms with E-state index in [0.717, 1.165) is 0 Å². The molecule has 0 unspecified atom stereocenters. The predicted octanol–water partition coefficient (Wildman–Crippen LogP) is -0.317. The van der Waals surface area contributed by atoms with E-state index < -0.39 is 30.3 Å². The van der Waals surface area contributed by atoms with Crippen molar-refractivity contribution in [2.75, 3.05) is 0 Å². The topological polar surface area (TPSA) is 109 Å². The van der Waals surface area contributed by atoms with Gasteiger partial charge in [-0.05, 0) is 12.1 Å². The average molecular weight is 240 g/mol. The summed E-state index contributed by atoms with van der Waals surface area (Å²) in [6.45, 7) is 0. The van der Waals surface area contributed by atoms with Crippen LogP contribution < -0.4 is 5.32 Å². The van der Waals surface area contributed by atoms with Crippen molar-refractivity contribution >= 4 is 17.8 Å². The van der Waals surface area contributed by atoms with Crippen LogP contribution in [0.4, 0.5) is 0 Å². The Labute approximate surface area is 96.7 Å². The number of carboxylic acids is 2. The fraction of sp³-hybridized carbons (Fsp3) is 0.300. The van der Waals surface area contributed by atoms with Gasteiger partial charge in [0.1, 0.15) is 11.7 Å². The van der Waals surface area contributed by atoms with E-state index in [1.165, 1.54) is 10.6 Å². The molecule has 0 saturated heterocycles. The van der Waals surface area contributed by atoms with Crippen LogP contribution in [0.3, 0.4) is 0 Å². The number of hydrogen-bond acceptors (Lipinski definition) is 3. The second-order valence-electron chi connectivity index (χ2n) is 3.47. The van der Waals surface area contributed by atoms with E-state index in [1.54, 1.807) is 19.3 Å². The first-order valence-corrected chi connectivity index (χ1v) is 4.78. The highest BCUT2D eigenvalue weighted by atomic mass is 16.4. The molecule has 0 radical (unpaired) electrons. The van der Waals surface area contributed by atoms with E-state index in [0.29, 0.717) is 0 Å². The van der Waals surface area contributed by atoms with Gasteiger partial charge in [-0.15, -0.1) is 0 Å². The number of nitrogens with one attached hydrogen (secondary N) is 1. The van der Waals surface area contributed by atoms with Crippen molar-refractivity contribution < 1.29 is 24.6 Å². The third-order valence-corrected chi connectivity index (χ3v) is 2.16. The van der Waals surface area contributed by atoms with Gasteiger partial charge < -0.3 is 20.1 Å². The van der Waals surface area contributed by atoms with Crippen LogP contribution in [0.25, 0.3) is 0 Å². The summed E-state index contributed by atoms with van der Waals surface area (Å²) < 4.78 is 1.51. The molecule has 3 N–H and O–H groups in total. The Morgan fingerprint density at radius 1 is 1.41 bits per heavy atom. The molecule has 0 fully saturated rings. The van der Waals surface area contributed by atoms with Gasteiger partial charge in [0.2, 0.25) is 0 Å². The van der Waals surface area contributed by atoms with E-state index in [4.69, 9.17) is 10.2 Å². The maximum absolute atomic E-state index is 11.6. The number of carbonyl (C=O) groups excluding carboxylic acids is 1. The molecule has 0 spiro atoms. The van der Waals surface area contributed by atoms with Crippen LogP contribution in [0, 0.1) is 0 Å². The molecule has 0 aromatic carbocycles. The van der Waals surface area contributed by atoms with Crippen LogP contribution in [0.5, 0.6) is 0 Å². The summed E-state index contributed by atoms with van der Waals surface area (Å²) >= 11 is 0. The Hall–Kier alpha value is -2.31. The molecule has 1 amide bonds. The minimum Gasteiger partial charge on any atom is -0.481 e. The van der Waals surface area contributed by atoms with Crippen LogP contribution in [0.15, 0.2) is 18.3 Å². The first-order valence-electron chi connectivity index (χ1n) is 4.78. The quantitative estimate of drug-likeness (QED) is 0.653. The lowest BCUT2D eigenvalue weighted by Crippen LogP contribution is -2.42. The fourth-order valence-corrected chi connectivity index (χ4v) is 1.30. The second-order valence-corrected chi connectivity index (χ2v) is 3.47. The van der Waals surface area contributed by atoms with E-state index in [2.05, 4.69) is 5.32 Å². The molecule has 1 rings (SSSR count). The Kier molecular flexibility index (Phi) is 3.86. The zero-order valence-corrected chi connectivity index (χ0v) is 9.08. The summed E-state index contributed by atoms with van der Waals surface area (Å²) in [4.78, 5) is 32.8. The van der Waals surface area contributed by atoms with Crippen molar-refractivity contribution in [3.63, 3.8) is 0 Å². The van der Waals surface area contributed by atoms with Crippen molar-refractivity contribution in [2.24, 2.45) is 7.05 Å². The summed E-state index contributed by atoms with van der Waals surface area (Å²) in [6.07, 6.45) is 0.966. The maximum atomic E-state index is 11.6. The van der Waals surface area contributed by atoms with Gasteiger partial charge in [-0.25, -0.2) is 4.79 Å². The molecule has 7 nitrogen and oxygen atoms in total. The standard InChI is InChI=1S/C10H12N2O5/c1-12-4-2-3-7(12)9(15)11-6(10(16)17)5-8(13)14/h2-4,6H,5H2,1H3,(H,11,15)(H,13,14)(H,16,17)/t6-/m0/s1. The normalized spacial score (nSPS) is 11.8. The molecule has 1 heterocycles. The van der Waals surface area contributed by atoms with Crippen LogP contribution in [0.2, 0.25) is 0 Å². The Morgan fingerprint density at radius 2 is 2.06 bits per heavy atom. The SMILES string of the molecule is Cn1cccc1C(=O)N[C@@H](CC(=O)O)C(=O)O. The molecule has 92 valence electrons. The Bertz CT molecular complexity index is 451. The van der Waals surface area contributed by atoms with E-state index >= 15 is 0 Å². The largest absolute Gasteiger partial charge is 0.481 e. The van der Waals surface area contributed by atoms with Gasteiger partial charge in [0.05, 0.1) is 6.42 Å². The summed E-state index contributed by atoms with van der Waals surface area (Å²) in [7, 11) is 1.63. The smallest absolute Gasteiger partial charge is 0.326 e. The monoisotopic (exact) mass is 240 g/mol. The minimum absolute atomic E-state index is 0.265. The third-order valence-electron chi connectivity index (χ3n) is 2.16. The van der Waals surface area contributed by atoms with E-state index in [-0.39, 0.29) is 5.69 Å². The Balaban J connectivity index is 2.74. The highest BCUT2D eigenvalue weighted by molar-refractivity contribution is 5.96. The van der Waals surface area contributed by atoms with Crippen molar-refractivity contribution in [2.45, 2.75) is 12.5 Å². The summed E-state index contributed by atoms with van der Waals surface area (Å²) in [5, 5.41) is 19.4. The number of nitrogens with zero attached hydrogens (tertiary/aromatic N) is 1. The number of rotatable bonds is 5. The minimum atomic E-state index is -1.44. The molecule has 0 aliphatic carbocycles. The van der Waals surface area contributed by atoms with Gasteiger partial charge in [0.25, 0.3) is 5.91 Å². The lowest BCUT2D eigenvalue weighted by Gasteiger charge is -2.12. The Morgan fingerprint density at radius 3 is 2.47 bits per heavy atom. The van der Waals surface area contributed by atoms with Gasteiger partial charge in [-0.1, -0.05) is 0 Å². The highest BCUT2D eigenvalue weighted by Crippen LogP contribution is 2.01. The maximum Gasteiger partial charge on any atom is 0.326 e. The van der Waals surface area contributed by atoms with Gasteiger partial charge in [-0.2, -0.15) is 0 Å². The molecule has 1 aromatic heterocycles. The van der Waals surface area contributed by atoms with Crippen molar-refractivity contribution in [3.8, 4) is 0 Å². The van der Waals surface area contributed by atoms with E-state index in [9.17, 15) is 14.4 Å². The second kappa shape index (κ2) is 5.15. The molecule has 0 aliphatic rings. The molecule has 7 heteroatoms. The zero-order valence-electron chi connectivity index (χ0n) is 9.08. The molecule has 0 aliphatic heterocycles. The van der Waals surface area contributed by atoms with Crippen LogP contribution in [-0.2, 0) is 16.6 Å². The third kappa shape index (κ3) is 3.33. The first kappa shape index (κ1) is 12.8. The number of carboxylic acid groups (broad SMARTS) is 2. The van der Waals surface area contributed by atoms with Crippen LogP contribution in [-0.4, -0.2) is 38.7 Å². The van der Waals surface area contributed by atoms with Gasteiger partial charge >= 0.3 is 11.9 Å². The van der Waals surface area contributed by atoms with E-state index in [1.807, 2.05) is 0 Å². The summed E-state index contributed by atoms with van der Waals surface area (Å²) in [5.41, 5.74) is 0.265. The highest BCUT2D eigenvalue weighted by Gasteiger charge is 2.24. The van der Waals surface area contributed by atoms with Gasteiger partial charge in [0, 0.05) is 13.2 Å². The first-order chi connectivity index (χ1) is 7.91. The molecule has 1 atom stereocenters. The molecular formula is C10H12N2O5. The fourth-order valence-electron chi connectivity index (χ4n) is 1.30. The van der Waals surface area contributed by atoms with Crippen LogP contribution in [0.1, 0.15) is 16.9 Å². The van der Waals surface area contributed by atoms with Crippen molar-refractivity contribution in [1.82, 2.24) is 9.88 Å². The number of aryl methyl sites for hydroxylation is 1. The molecular weight excluding hydrogens is 228 g/mol. The predicted molar refractivity (Wildman–Crippen MR) is 56.6 cm³/mol. The number of hydrogen-bond donors (Lipinski definition) is 3. The van der Waals surface area contributed by atoms with Crippen LogP contribution >= 0.6 is 0 Å². The summed E-state index contributed by atoms with van der Waals surface area (Å²) in [6, 6.07) is 1.70.